The minimum atomic E-state index is -0.867. The Labute approximate surface area is 161 Å². The first-order chi connectivity index (χ1) is 12.9. The number of ether oxygens (including phenoxy) is 3. The third-order valence-corrected chi connectivity index (χ3v) is 4.54. The summed E-state index contributed by atoms with van der Waals surface area (Å²) in [5, 5.41) is 3.30. The van der Waals surface area contributed by atoms with Gasteiger partial charge in [0.05, 0.1) is 5.56 Å². The SMILES string of the molecule is CCO[C@@H]1c2c(ccc3ccc(=O)oc23)OC(C)(C)[C@@H]1OC(=O)NCCCl. The second-order valence-corrected chi connectivity index (χ2v) is 7.05. The highest BCUT2D eigenvalue weighted by Crippen LogP contribution is 2.46. The molecule has 0 bridgehead atoms. The Morgan fingerprint density at radius 1 is 1.30 bits per heavy atom. The van der Waals surface area contributed by atoms with Gasteiger partial charge < -0.3 is 23.9 Å². The standard InChI is InChI=1S/C19H22ClNO6/c1-4-24-16-14-12(7-5-11-6-8-13(22)25-15(11)14)27-19(2,3)17(16)26-18(23)21-10-9-20/h5-8,16-17H,4,9-10H2,1-3H3,(H,21,23)/t16-,17-/m1/s1. The number of halogens is 1. The van der Waals surface area contributed by atoms with E-state index in [2.05, 4.69) is 5.32 Å². The van der Waals surface area contributed by atoms with Crippen molar-refractivity contribution in [2.45, 2.75) is 38.6 Å². The Morgan fingerprint density at radius 3 is 2.74 bits per heavy atom. The topological polar surface area (TPSA) is 87.0 Å². The zero-order valence-corrected chi connectivity index (χ0v) is 16.2. The van der Waals surface area contributed by atoms with Gasteiger partial charge in [-0.05, 0) is 39.0 Å². The highest BCUT2D eigenvalue weighted by atomic mass is 35.5. The molecule has 0 spiro atoms. The molecule has 27 heavy (non-hydrogen) atoms. The molecular formula is C19H22ClNO6. The first-order valence-corrected chi connectivity index (χ1v) is 9.28. The molecule has 1 N–H and O–H groups in total. The van der Waals surface area contributed by atoms with Crippen LogP contribution in [0.5, 0.6) is 5.75 Å². The molecule has 3 rings (SSSR count). The molecule has 0 saturated heterocycles. The molecule has 146 valence electrons. The Balaban J connectivity index is 2.10. The Morgan fingerprint density at radius 2 is 2.04 bits per heavy atom. The number of hydrogen-bond acceptors (Lipinski definition) is 6. The van der Waals surface area contributed by atoms with Gasteiger partial charge in [0.1, 0.15) is 23.0 Å². The van der Waals surface area contributed by atoms with Crippen LogP contribution >= 0.6 is 11.6 Å². The van der Waals surface area contributed by atoms with E-state index in [1.165, 1.54) is 6.07 Å². The summed E-state index contributed by atoms with van der Waals surface area (Å²) in [7, 11) is 0. The number of carbonyl (C=O) groups is 1. The molecular weight excluding hydrogens is 374 g/mol. The van der Waals surface area contributed by atoms with Crippen LogP contribution < -0.4 is 15.7 Å². The van der Waals surface area contributed by atoms with Crippen molar-refractivity contribution in [3.8, 4) is 5.75 Å². The van der Waals surface area contributed by atoms with Gasteiger partial charge in [-0.25, -0.2) is 9.59 Å². The Hall–Kier alpha value is -2.25. The van der Waals surface area contributed by atoms with Crippen molar-refractivity contribution in [2.24, 2.45) is 0 Å². The van der Waals surface area contributed by atoms with Gasteiger partial charge in [-0.3, -0.25) is 0 Å². The van der Waals surface area contributed by atoms with Crippen LogP contribution in [0.2, 0.25) is 0 Å². The van der Waals surface area contributed by atoms with E-state index in [1.54, 1.807) is 12.1 Å². The molecule has 1 aromatic heterocycles. The summed E-state index contributed by atoms with van der Waals surface area (Å²) in [6, 6.07) is 6.64. The lowest BCUT2D eigenvalue weighted by molar-refractivity contribution is -0.134. The summed E-state index contributed by atoms with van der Waals surface area (Å²) in [5.74, 6) is 0.800. The summed E-state index contributed by atoms with van der Waals surface area (Å²) in [5.41, 5.74) is -0.424. The first-order valence-electron chi connectivity index (χ1n) is 8.75. The van der Waals surface area contributed by atoms with E-state index in [-0.39, 0.29) is 12.4 Å². The monoisotopic (exact) mass is 395 g/mol. The average molecular weight is 396 g/mol. The molecule has 1 amide bonds. The van der Waals surface area contributed by atoms with Crippen LogP contribution in [0.3, 0.4) is 0 Å². The molecule has 7 nitrogen and oxygen atoms in total. The van der Waals surface area contributed by atoms with E-state index >= 15 is 0 Å². The summed E-state index contributed by atoms with van der Waals surface area (Å²) >= 11 is 5.61. The third-order valence-electron chi connectivity index (χ3n) is 4.35. The largest absolute Gasteiger partial charge is 0.483 e. The van der Waals surface area contributed by atoms with Gasteiger partial charge >= 0.3 is 11.7 Å². The molecule has 0 radical (unpaired) electrons. The predicted octanol–water partition coefficient (Wildman–Crippen LogP) is 3.38. The summed E-state index contributed by atoms with van der Waals surface area (Å²) in [4.78, 5) is 23.9. The number of amides is 1. The first kappa shape index (κ1) is 19.5. The highest BCUT2D eigenvalue weighted by molar-refractivity contribution is 6.18. The third kappa shape index (κ3) is 3.89. The minimum Gasteiger partial charge on any atom is -0.483 e. The van der Waals surface area contributed by atoms with Crippen LogP contribution in [0.1, 0.15) is 32.4 Å². The fourth-order valence-corrected chi connectivity index (χ4v) is 3.31. The number of alkyl carbamates (subject to hydrolysis) is 1. The maximum absolute atomic E-state index is 12.2. The summed E-state index contributed by atoms with van der Waals surface area (Å²) < 4.78 is 23.1. The fraction of sp³-hybridized carbons (Fsp3) is 0.474. The molecule has 2 atom stereocenters. The number of benzene rings is 1. The van der Waals surface area contributed by atoms with E-state index in [4.69, 9.17) is 30.2 Å². The second kappa shape index (κ2) is 7.78. The van der Waals surface area contributed by atoms with Crippen molar-refractivity contribution in [3.05, 3.63) is 40.2 Å². The predicted molar refractivity (Wildman–Crippen MR) is 101 cm³/mol. The van der Waals surface area contributed by atoms with Gasteiger partial charge in [0.25, 0.3) is 0 Å². The van der Waals surface area contributed by atoms with E-state index in [1.807, 2.05) is 26.8 Å². The Kier molecular flexibility index (Phi) is 5.62. The molecule has 1 aromatic carbocycles. The van der Waals surface area contributed by atoms with Gasteiger partial charge in [0.15, 0.2) is 6.10 Å². The number of hydrogen-bond donors (Lipinski definition) is 1. The molecule has 0 aliphatic carbocycles. The van der Waals surface area contributed by atoms with Crippen LogP contribution in [0.25, 0.3) is 11.0 Å². The van der Waals surface area contributed by atoms with Crippen molar-refractivity contribution >= 4 is 28.7 Å². The van der Waals surface area contributed by atoms with Crippen LogP contribution in [-0.2, 0) is 9.47 Å². The number of nitrogens with one attached hydrogen (secondary N) is 1. The zero-order valence-electron chi connectivity index (χ0n) is 15.4. The number of rotatable bonds is 5. The van der Waals surface area contributed by atoms with Gasteiger partial charge in [0.2, 0.25) is 0 Å². The molecule has 1 aliphatic heterocycles. The van der Waals surface area contributed by atoms with Crippen LogP contribution in [-0.4, -0.2) is 36.8 Å². The van der Waals surface area contributed by atoms with Crippen LogP contribution in [0.4, 0.5) is 4.79 Å². The molecule has 0 saturated carbocycles. The van der Waals surface area contributed by atoms with Gasteiger partial charge in [-0.1, -0.05) is 0 Å². The van der Waals surface area contributed by atoms with Crippen LogP contribution in [0.15, 0.2) is 33.5 Å². The molecule has 1 aliphatic rings. The van der Waals surface area contributed by atoms with Gasteiger partial charge in [-0.15, -0.1) is 11.6 Å². The highest BCUT2D eigenvalue weighted by Gasteiger charge is 2.48. The second-order valence-electron chi connectivity index (χ2n) is 6.67. The molecule has 2 aromatic rings. The lowest BCUT2D eigenvalue weighted by Gasteiger charge is -2.43. The maximum atomic E-state index is 12.2. The number of fused-ring (bicyclic) bond motifs is 3. The smallest absolute Gasteiger partial charge is 0.407 e. The van der Waals surface area contributed by atoms with E-state index in [0.717, 1.165) is 5.39 Å². The van der Waals surface area contributed by atoms with Crippen molar-refractivity contribution in [1.82, 2.24) is 5.32 Å². The van der Waals surface area contributed by atoms with Gasteiger partial charge in [0, 0.05) is 30.5 Å². The normalized spacial score (nSPS) is 20.6. The summed E-state index contributed by atoms with van der Waals surface area (Å²) in [6.45, 7) is 6.12. The zero-order chi connectivity index (χ0) is 19.6. The molecule has 0 unspecified atom stereocenters. The molecule has 2 heterocycles. The number of alkyl halides is 1. The van der Waals surface area contributed by atoms with E-state index < -0.39 is 29.5 Å². The van der Waals surface area contributed by atoms with Crippen molar-refractivity contribution in [3.63, 3.8) is 0 Å². The average Bonchev–Trinajstić information content (AvgIpc) is 2.62. The lowest BCUT2D eigenvalue weighted by atomic mass is 9.87. The quantitative estimate of drug-likeness (QED) is 0.617. The maximum Gasteiger partial charge on any atom is 0.407 e. The van der Waals surface area contributed by atoms with E-state index in [0.29, 0.717) is 23.5 Å². The van der Waals surface area contributed by atoms with Crippen molar-refractivity contribution in [1.29, 1.82) is 0 Å². The van der Waals surface area contributed by atoms with Gasteiger partial charge in [-0.2, -0.15) is 0 Å². The number of carbonyl (C=O) groups excluding carboxylic acids is 1. The molecule has 0 fully saturated rings. The lowest BCUT2D eigenvalue weighted by Crippen LogP contribution is -2.53. The fourth-order valence-electron chi connectivity index (χ4n) is 3.21. The summed E-state index contributed by atoms with van der Waals surface area (Å²) in [6.07, 6.45) is -2.05. The van der Waals surface area contributed by atoms with Crippen molar-refractivity contribution in [2.75, 3.05) is 19.0 Å². The minimum absolute atomic E-state index is 0.271. The molecule has 8 heteroatoms. The van der Waals surface area contributed by atoms with E-state index in [9.17, 15) is 9.59 Å². The van der Waals surface area contributed by atoms with Crippen LogP contribution in [0, 0.1) is 0 Å². The Bertz CT molecular complexity index is 893. The van der Waals surface area contributed by atoms with Crippen molar-refractivity contribution < 1.29 is 23.4 Å².